The van der Waals surface area contributed by atoms with Gasteiger partial charge in [0, 0.05) is 23.2 Å². The van der Waals surface area contributed by atoms with Crippen molar-refractivity contribution in [2.75, 3.05) is 7.11 Å². The number of fused-ring (bicyclic) bond motifs is 1. The molecule has 2 aromatic heterocycles. The number of halogens is 1. The summed E-state index contributed by atoms with van der Waals surface area (Å²) in [6.45, 7) is 0.413. The first-order valence-electron chi connectivity index (χ1n) is 10.3. The summed E-state index contributed by atoms with van der Waals surface area (Å²) in [6.07, 6.45) is 3.88. The van der Waals surface area contributed by atoms with Crippen LogP contribution in [0.3, 0.4) is 0 Å². The lowest BCUT2D eigenvalue weighted by atomic mass is 10.0. The molecule has 0 bridgehead atoms. The van der Waals surface area contributed by atoms with Crippen molar-refractivity contribution in [2.24, 2.45) is 0 Å². The Kier molecular flexibility index (Phi) is 5.34. The highest BCUT2D eigenvalue weighted by atomic mass is 19.1. The third-order valence-electron chi connectivity index (χ3n) is 5.47. The first-order valence-corrected chi connectivity index (χ1v) is 10.3. The number of aromatic nitrogens is 4. The third kappa shape index (κ3) is 3.95. The monoisotopic (exact) mass is 424 g/mol. The molecule has 0 aliphatic carbocycles. The summed E-state index contributed by atoms with van der Waals surface area (Å²) in [6, 6.07) is 22.8. The maximum atomic E-state index is 14.6. The summed E-state index contributed by atoms with van der Waals surface area (Å²) in [4.78, 5) is 13.2. The minimum Gasteiger partial charge on any atom is -0.496 e. The van der Waals surface area contributed by atoms with E-state index in [1.807, 2.05) is 65.2 Å². The van der Waals surface area contributed by atoms with Crippen molar-refractivity contribution in [3.8, 4) is 17.0 Å². The third-order valence-corrected chi connectivity index (χ3v) is 5.47. The molecule has 5 rings (SSSR count). The molecule has 0 fully saturated rings. The number of hydrogen-bond donors (Lipinski definition) is 0. The van der Waals surface area contributed by atoms with Gasteiger partial charge in [-0.15, -0.1) is 0 Å². The normalized spacial score (nSPS) is 11.1. The molecule has 6 heteroatoms. The van der Waals surface area contributed by atoms with E-state index in [4.69, 9.17) is 4.74 Å². The Hall–Kier alpha value is -4.06. The molecule has 3 aromatic carbocycles. The van der Waals surface area contributed by atoms with E-state index in [-0.39, 0.29) is 5.82 Å². The van der Waals surface area contributed by atoms with Gasteiger partial charge in [-0.25, -0.2) is 19.3 Å². The van der Waals surface area contributed by atoms with Gasteiger partial charge in [0.1, 0.15) is 17.9 Å². The molecule has 2 heterocycles. The predicted octanol–water partition coefficient (Wildman–Crippen LogP) is 5.28. The van der Waals surface area contributed by atoms with Gasteiger partial charge in [-0.05, 0) is 42.0 Å². The summed E-state index contributed by atoms with van der Waals surface area (Å²) >= 11 is 0. The number of methoxy groups -OCH3 is 1. The van der Waals surface area contributed by atoms with E-state index in [2.05, 4.69) is 15.0 Å². The van der Waals surface area contributed by atoms with Crippen LogP contribution in [-0.4, -0.2) is 26.6 Å². The maximum absolute atomic E-state index is 14.6. The standard InChI is InChI=1S/C26H21FN4O/c1-32-26-9-5-2-6-21(26)24-14-20(28-16-29-24)13-18-10-11-22(27)19(12-18)15-31-17-30-23-7-3-4-8-25(23)31/h2-12,14,16-17H,13,15H2,1H3. The highest BCUT2D eigenvalue weighted by molar-refractivity contribution is 5.75. The molecule has 5 nitrogen and oxygen atoms in total. The molecule has 0 amide bonds. The number of benzene rings is 3. The minimum absolute atomic E-state index is 0.232. The fourth-order valence-electron chi connectivity index (χ4n) is 3.89. The summed E-state index contributed by atoms with van der Waals surface area (Å²) < 4.78 is 22.0. The van der Waals surface area contributed by atoms with E-state index in [1.165, 1.54) is 6.07 Å². The molecule has 0 N–H and O–H groups in total. The predicted molar refractivity (Wildman–Crippen MR) is 122 cm³/mol. The smallest absolute Gasteiger partial charge is 0.128 e. The van der Waals surface area contributed by atoms with Crippen LogP contribution in [0, 0.1) is 5.82 Å². The zero-order chi connectivity index (χ0) is 21.9. The molecule has 158 valence electrons. The number of imidazole rings is 1. The van der Waals surface area contributed by atoms with Crippen LogP contribution in [-0.2, 0) is 13.0 Å². The Bertz CT molecular complexity index is 1400. The van der Waals surface area contributed by atoms with Gasteiger partial charge in [0.15, 0.2) is 0 Å². The first kappa shape index (κ1) is 19.9. The molecule has 0 atom stereocenters. The molecule has 0 aliphatic rings. The van der Waals surface area contributed by atoms with E-state index in [1.54, 1.807) is 25.8 Å². The van der Waals surface area contributed by atoms with Gasteiger partial charge in [-0.1, -0.05) is 36.4 Å². The Morgan fingerprint density at radius 3 is 2.66 bits per heavy atom. The van der Waals surface area contributed by atoms with Gasteiger partial charge in [-0.2, -0.15) is 0 Å². The van der Waals surface area contributed by atoms with Crippen molar-refractivity contribution in [1.29, 1.82) is 0 Å². The molecular weight excluding hydrogens is 403 g/mol. The van der Waals surface area contributed by atoms with Crippen LogP contribution in [0.5, 0.6) is 5.75 Å². The zero-order valence-electron chi connectivity index (χ0n) is 17.6. The number of ether oxygens (including phenoxy) is 1. The van der Waals surface area contributed by atoms with Crippen LogP contribution in [0.15, 0.2) is 85.5 Å². The molecule has 5 aromatic rings. The van der Waals surface area contributed by atoms with Crippen molar-refractivity contribution in [3.63, 3.8) is 0 Å². The quantitative estimate of drug-likeness (QED) is 0.372. The molecule has 0 radical (unpaired) electrons. The summed E-state index contributed by atoms with van der Waals surface area (Å²) in [7, 11) is 1.64. The Morgan fingerprint density at radius 2 is 1.75 bits per heavy atom. The Balaban J connectivity index is 1.42. The topological polar surface area (TPSA) is 52.8 Å². The first-order chi connectivity index (χ1) is 15.7. The van der Waals surface area contributed by atoms with E-state index >= 15 is 0 Å². The molecule has 0 saturated heterocycles. The minimum atomic E-state index is -0.232. The van der Waals surface area contributed by atoms with Crippen LogP contribution in [0.4, 0.5) is 4.39 Å². The number of rotatable bonds is 6. The molecule has 0 saturated carbocycles. The van der Waals surface area contributed by atoms with Gasteiger partial charge in [0.2, 0.25) is 0 Å². The SMILES string of the molecule is COc1ccccc1-c1cc(Cc2ccc(F)c(Cn3cnc4ccccc43)c2)ncn1. The number of para-hydroxylation sites is 3. The van der Waals surface area contributed by atoms with Crippen LogP contribution in [0.1, 0.15) is 16.8 Å². The summed E-state index contributed by atoms with van der Waals surface area (Å²) in [5.74, 6) is 0.526. The average molecular weight is 424 g/mol. The van der Waals surface area contributed by atoms with Crippen molar-refractivity contribution >= 4 is 11.0 Å². The summed E-state index contributed by atoms with van der Waals surface area (Å²) in [5, 5.41) is 0. The fourth-order valence-corrected chi connectivity index (χ4v) is 3.89. The van der Waals surface area contributed by atoms with Crippen molar-refractivity contribution in [1.82, 2.24) is 19.5 Å². The fraction of sp³-hybridized carbons (Fsp3) is 0.115. The van der Waals surface area contributed by atoms with Gasteiger partial charge in [0.25, 0.3) is 0 Å². The Labute approximate surface area is 185 Å². The van der Waals surface area contributed by atoms with Crippen molar-refractivity contribution < 1.29 is 9.13 Å². The number of nitrogens with zero attached hydrogens (tertiary/aromatic N) is 4. The second-order valence-electron chi connectivity index (χ2n) is 7.56. The van der Waals surface area contributed by atoms with Crippen LogP contribution in [0.2, 0.25) is 0 Å². The molecule has 0 aliphatic heterocycles. The molecular formula is C26H21FN4O. The van der Waals surface area contributed by atoms with Crippen LogP contribution >= 0.6 is 0 Å². The lowest BCUT2D eigenvalue weighted by molar-refractivity contribution is 0.416. The largest absolute Gasteiger partial charge is 0.496 e. The van der Waals surface area contributed by atoms with E-state index in [0.29, 0.717) is 18.5 Å². The van der Waals surface area contributed by atoms with Gasteiger partial charge in [0.05, 0.1) is 36.7 Å². The average Bonchev–Trinajstić information content (AvgIpc) is 3.24. The van der Waals surface area contributed by atoms with E-state index in [9.17, 15) is 4.39 Å². The second-order valence-corrected chi connectivity index (χ2v) is 7.56. The van der Waals surface area contributed by atoms with E-state index < -0.39 is 0 Å². The highest BCUT2D eigenvalue weighted by Crippen LogP contribution is 2.28. The summed E-state index contributed by atoms with van der Waals surface area (Å²) in [5.41, 5.74) is 6.03. The van der Waals surface area contributed by atoms with Gasteiger partial charge in [-0.3, -0.25) is 0 Å². The lowest BCUT2D eigenvalue weighted by Gasteiger charge is -2.10. The van der Waals surface area contributed by atoms with Crippen molar-refractivity contribution in [3.05, 3.63) is 108 Å². The van der Waals surface area contributed by atoms with Crippen molar-refractivity contribution in [2.45, 2.75) is 13.0 Å². The van der Waals surface area contributed by atoms with Crippen LogP contribution < -0.4 is 4.74 Å². The van der Waals surface area contributed by atoms with Gasteiger partial charge >= 0.3 is 0 Å². The lowest BCUT2D eigenvalue weighted by Crippen LogP contribution is -2.03. The molecule has 0 unspecified atom stereocenters. The van der Waals surface area contributed by atoms with E-state index in [0.717, 1.165) is 39.3 Å². The highest BCUT2D eigenvalue weighted by Gasteiger charge is 2.11. The van der Waals surface area contributed by atoms with Crippen LogP contribution in [0.25, 0.3) is 22.3 Å². The second kappa shape index (κ2) is 8.59. The Morgan fingerprint density at radius 1 is 0.906 bits per heavy atom. The maximum Gasteiger partial charge on any atom is 0.128 e. The molecule has 32 heavy (non-hydrogen) atoms. The van der Waals surface area contributed by atoms with Gasteiger partial charge < -0.3 is 9.30 Å². The zero-order valence-corrected chi connectivity index (χ0v) is 17.6. The molecule has 0 spiro atoms. The number of hydrogen-bond acceptors (Lipinski definition) is 4.